The van der Waals surface area contributed by atoms with Crippen molar-refractivity contribution >= 4 is 0 Å². The smallest absolute Gasteiger partial charge is 0.256 e. The van der Waals surface area contributed by atoms with Gasteiger partial charge in [0, 0.05) is 35.8 Å². The van der Waals surface area contributed by atoms with Crippen molar-refractivity contribution in [2.45, 2.75) is 60.4 Å². The van der Waals surface area contributed by atoms with E-state index >= 15 is 0 Å². The fraction of sp³-hybridized carbons (Fsp3) is 0.474. The van der Waals surface area contributed by atoms with Crippen molar-refractivity contribution in [3.05, 3.63) is 46.5 Å². The first-order valence-corrected chi connectivity index (χ1v) is 9.07. The molecule has 0 bridgehead atoms. The van der Waals surface area contributed by atoms with Crippen LogP contribution in [0.15, 0.2) is 29.6 Å². The summed E-state index contributed by atoms with van der Waals surface area (Å²) in [5, 5.41) is 4.38. The molecule has 3 heterocycles. The monoisotopic (exact) mass is 356 g/mol. The second-order valence-electron chi connectivity index (χ2n) is 6.45. The van der Waals surface area contributed by atoms with E-state index in [1.54, 1.807) is 23.2 Å². The summed E-state index contributed by atoms with van der Waals surface area (Å²) in [5.74, 6) is 1.28. The topological polar surface area (TPSA) is 81.4 Å². The van der Waals surface area contributed by atoms with Crippen molar-refractivity contribution in [2.24, 2.45) is 0 Å². The van der Waals surface area contributed by atoms with E-state index in [9.17, 15) is 4.79 Å². The van der Waals surface area contributed by atoms with Gasteiger partial charge in [-0.1, -0.05) is 27.7 Å². The van der Waals surface area contributed by atoms with Crippen molar-refractivity contribution in [1.29, 1.82) is 0 Å². The summed E-state index contributed by atoms with van der Waals surface area (Å²) in [6, 6.07) is 0.249. The van der Waals surface area contributed by atoms with E-state index in [1.807, 2.05) is 45.5 Å². The minimum absolute atomic E-state index is 0.0524. The molecule has 0 saturated heterocycles. The van der Waals surface area contributed by atoms with Crippen LogP contribution in [0, 0.1) is 6.92 Å². The fourth-order valence-electron chi connectivity index (χ4n) is 2.68. The van der Waals surface area contributed by atoms with Crippen LogP contribution >= 0.6 is 0 Å². The molecule has 7 heteroatoms. The molecule has 7 nitrogen and oxygen atoms in total. The van der Waals surface area contributed by atoms with E-state index in [1.165, 1.54) is 0 Å². The Hall–Kier alpha value is -2.70. The lowest BCUT2D eigenvalue weighted by molar-refractivity contribution is 0.532. The van der Waals surface area contributed by atoms with Gasteiger partial charge in [-0.2, -0.15) is 5.10 Å². The molecule has 0 spiro atoms. The van der Waals surface area contributed by atoms with Gasteiger partial charge in [-0.3, -0.25) is 19.0 Å². The molecule has 0 atom stereocenters. The van der Waals surface area contributed by atoms with E-state index in [2.05, 4.69) is 28.9 Å². The van der Waals surface area contributed by atoms with Crippen LogP contribution in [0.2, 0.25) is 0 Å². The van der Waals surface area contributed by atoms with Crippen LogP contribution in [0.5, 0.6) is 0 Å². The van der Waals surface area contributed by atoms with Crippen LogP contribution in [0.25, 0.3) is 17.2 Å². The highest BCUT2D eigenvalue weighted by Gasteiger charge is 2.19. The molecule has 0 aliphatic heterocycles. The second kappa shape index (κ2) is 8.12. The van der Waals surface area contributed by atoms with Crippen LogP contribution < -0.4 is 5.56 Å². The highest BCUT2D eigenvalue weighted by molar-refractivity contribution is 5.62. The SMILES string of the molecule is CC.Cc1nccn1-c1nc(-c2cnn(C(C)C)c2)c(C(C)C)c(=O)[nH]1. The molecular weight excluding hydrogens is 328 g/mol. The van der Waals surface area contributed by atoms with Crippen molar-refractivity contribution in [2.75, 3.05) is 0 Å². The molecule has 26 heavy (non-hydrogen) atoms. The normalized spacial score (nSPS) is 11.0. The van der Waals surface area contributed by atoms with Gasteiger partial charge in [0.2, 0.25) is 5.95 Å². The number of hydrogen-bond donors (Lipinski definition) is 1. The predicted octanol–water partition coefficient (Wildman–Crippen LogP) is 3.86. The second-order valence-corrected chi connectivity index (χ2v) is 6.45. The molecule has 3 aromatic rings. The first-order chi connectivity index (χ1) is 12.4. The maximum Gasteiger partial charge on any atom is 0.256 e. The number of nitrogens with one attached hydrogen (secondary N) is 1. The van der Waals surface area contributed by atoms with Crippen LogP contribution in [-0.4, -0.2) is 29.3 Å². The summed E-state index contributed by atoms with van der Waals surface area (Å²) < 4.78 is 3.63. The number of H-pyrrole nitrogens is 1. The number of imidazole rings is 1. The van der Waals surface area contributed by atoms with Crippen molar-refractivity contribution < 1.29 is 0 Å². The number of hydrogen-bond acceptors (Lipinski definition) is 4. The lowest BCUT2D eigenvalue weighted by Crippen LogP contribution is -2.20. The molecule has 0 fully saturated rings. The average molecular weight is 356 g/mol. The molecule has 0 unspecified atom stereocenters. The standard InChI is InChI=1S/C17H22N6O.C2H6/c1-10(2)14-15(13-8-19-23(9-13)11(3)4)20-17(21-16(14)24)22-7-6-18-12(22)5;1-2/h6-11H,1-5H3,(H,20,21,24);1-2H3. The molecule has 0 aromatic carbocycles. The third-order valence-electron chi connectivity index (χ3n) is 3.98. The average Bonchev–Trinajstić information content (AvgIpc) is 3.24. The Morgan fingerprint density at radius 2 is 1.85 bits per heavy atom. The number of aryl methyl sites for hydroxylation is 1. The van der Waals surface area contributed by atoms with Gasteiger partial charge in [0.05, 0.1) is 11.9 Å². The fourth-order valence-corrected chi connectivity index (χ4v) is 2.68. The Morgan fingerprint density at radius 1 is 1.15 bits per heavy atom. The molecule has 3 aromatic heterocycles. The zero-order chi connectivity index (χ0) is 19.4. The third kappa shape index (κ3) is 3.76. The summed E-state index contributed by atoms with van der Waals surface area (Å²) in [5.41, 5.74) is 2.05. The predicted molar refractivity (Wildman–Crippen MR) is 104 cm³/mol. The molecule has 0 aliphatic rings. The Morgan fingerprint density at radius 3 is 2.35 bits per heavy atom. The van der Waals surface area contributed by atoms with Gasteiger partial charge in [0.25, 0.3) is 5.56 Å². The van der Waals surface area contributed by atoms with Gasteiger partial charge >= 0.3 is 0 Å². The summed E-state index contributed by atoms with van der Waals surface area (Å²) in [6.07, 6.45) is 7.16. The molecule has 3 rings (SSSR count). The maximum atomic E-state index is 12.7. The minimum atomic E-state index is -0.129. The molecule has 0 amide bonds. The largest absolute Gasteiger partial charge is 0.292 e. The van der Waals surface area contributed by atoms with Crippen LogP contribution in [0.4, 0.5) is 0 Å². The van der Waals surface area contributed by atoms with Gasteiger partial charge < -0.3 is 0 Å². The molecule has 0 saturated carbocycles. The third-order valence-corrected chi connectivity index (χ3v) is 3.98. The van der Waals surface area contributed by atoms with Gasteiger partial charge in [-0.15, -0.1) is 0 Å². The Bertz CT molecular complexity index is 916. The number of aromatic amines is 1. The van der Waals surface area contributed by atoms with Gasteiger partial charge in [0.15, 0.2) is 0 Å². The van der Waals surface area contributed by atoms with Gasteiger partial charge in [-0.25, -0.2) is 9.97 Å². The van der Waals surface area contributed by atoms with Crippen LogP contribution in [-0.2, 0) is 0 Å². The van der Waals surface area contributed by atoms with Crippen molar-refractivity contribution in [1.82, 2.24) is 29.3 Å². The molecule has 0 aliphatic carbocycles. The first-order valence-electron chi connectivity index (χ1n) is 9.07. The van der Waals surface area contributed by atoms with Gasteiger partial charge in [-0.05, 0) is 26.7 Å². The molecule has 1 N–H and O–H groups in total. The number of rotatable bonds is 4. The molecular formula is C19H28N6O. The number of aromatic nitrogens is 6. The summed E-state index contributed by atoms with van der Waals surface area (Å²) >= 11 is 0. The molecule has 140 valence electrons. The van der Waals surface area contributed by atoms with Crippen LogP contribution in [0.1, 0.15) is 64.9 Å². The first kappa shape index (κ1) is 19.6. The van der Waals surface area contributed by atoms with E-state index in [-0.39, 0.29) is 17.5 Å². The lowest BCUT2D eigenvalue weighted by atomic mass is 10.00. The number of nitrogens with zero attached hydrogens (tertiary/aromatic N) is 5. The summed E-state index contributed by atoms with van der Waals surface area (Å²) in [7, 11) is 0. The maximum absolute atomic E-state index is 12.7. The highest BCUT2D eigenvalue weighted by Crippen LogP contribution is 2.25. The zero-order valence-corrected chi connectivity index (χ0v) is 16.6. The minimum Gasteiger partial charge on any atom is -0.292 e. The van der Waals surface area contributed by atoms with E-state index in [0.717, 1.165) is 11.4 Å². The van der Waals surface area contributed by atoms with E-state index < -0.39 is 0 Å². The zero-order valence-electron chi connectivity index (χ0n) is 16.6. The van der Waals surface area contributed by atoms with Crippen molar-refractivity contribution in [3.63, 3.8) is 0 Å². The highest BCUT2D eigenvalue weighted by atomic mass is 16.1. The summed E-state index contributed by atoms with van der Waals surface area (Å²) in [6.45, 7) is 14.0. The van der Waals surface area contributed by atoms with Crippen molar-refractivity contribution in [3.8, 4) is 17.2 Å². The Labute approximate surface area is 154 Å². The quantitative estimate of drug-likeness (QED) is 0.769. The van der Waals surface area contributed by atoms with Gasteiger partial charge in [0.1, 0.15) is 5.82 Å². The Balaban J connectivity index is 0.00000117. The summed E-state index contributed by atoms with van der Waals surface area (Å²) in [4.78, 5) is 24.4. The van der Waals surface area contributed by atoms with E-state index in [0.29, 0.717) is 17.2 Å². The lowest BCUT2D eigenvalue weighted by Gasteiger charge is -2.12. The Kier molecular flexibility index (Phi) is 6.13. The van der Waals surface area contributed by atoms with E-state index in [4.69, 9.17) is 4.98 Å². The van der Waals surface area contributed by atoms with Crippen LogP contribution in [0.3, 0.4) is 0 Å². The molecule has 0 radical (unpaired) electrons.